The van der Waals surface area contributed by atoms with Crippen molar-refractivity contribution in [2.45, 2.75) is 76.3 Å². The van der Waals surface area contributed by atoms with Crippen molar-refractivity contribution >= 4 is 18.1 Å². The van der Waals surface area contributed by atoms with Crippen LogP contribution in [0.15, 0.2) is 84.9 Å². The Kier molecular flexibility index (Phi) is 13.7. The molecule has 2 aliphatic rings. The van der Waals surface area contributed by atoms with Crippen LogP contribution in [-0.2, 0) is 27.1 Å². The fourth-order valence-electron chi connectivity index (χ4n) is 6.59. The Balaban J connectivity index is 1.30. The third-order valence-electron chi connectivity index (χ3n) is 9.23. The van der Waals surface area contributed by atoms with Gasteiger partial charge in [0.05, 0.1) is 37.5 Å². The van der Waals surface area contributed by atoms with E-state index in [9.17, 15) is 19.8 Å². The maximum atomic E-state index is 14.0. The van der Waals surface area contributed by atoms with Gasteiger partial charge in [0, 0.05) is 32.0 Å². The Labute approximate surface area is 301 Å². The van der Waals surface area contributed by atoms with Crippen molar-refractivity contribution in [3.63, 3.8) is 0 Å². The summed E-state index contributed by atoms with van der Waals surface area (Å²) in [6.45, 7) is 10.1. The summed E-state index contributed by atoms with van der Waals surface area (Å²) in [7, 11) is 0. The molecule has 5 rings (SSSR count). The van der Waals surface area contributed by atoms with E-state index in [1.165, 1.54) is 0 Å². The van der Waals surface area contributed by atoms with Crippen molar-refractivity contribution in [2.75, 3.05) is 39.5 Å². The van der Waals surface area contributed by atoms with E-state index in [4.69, 9.17) is 14.2 Å². The lowest BCUT2D eigenvalue weighted by Gasteiger charge is -2.29. The minimum atomic E-state index is -1.08. The zero-order chi connectivity index (χ0) is 36.2. The predicted octanol–water partition coefficient (Wildman–Crippen LogP) is 5.08. The monoisotopic (exact) mass is 699 g/mol. The van der Waals surface area contributed by atoms with Crippen LogP contribution in [-0.4, -0.2) is 90.4 Å². The number of hydrogen-bond donors (Lipinski definition) is 4. The topological polar surface area (TPSA) is 130 Å². The van der Waals surface area contributed by atoms with Gasteiger partial charge in [-0.05, 0) is 74.4 Å². The zero-order valence-electron chi connectivity index (χ0n) is 30.0. The van der Waals surface area contributed by atoms with E-state index in [0.29, 0.717) is 25.9 Å². The van der Waals surface area contributed by atoms with Gasteiger partial charge in [0.15, 0.2) is 0 Å². The number of aliphatic hydroxyl groups excluding tert-OH is 2. The first-order chi connectivity index (χ1) is 24.5. The molecule has 0 radical (unpaired) electrons. The van der Waals surface area contributed by atoms with Gasteiger partial charge in [-0.3, -0.25) is 9.69 Å². The summed E-state index contributed by atoms with van der Waals surface area (Å²) in [5.41, 5.74) is 3.03. The number of morpholine rings is 1. The van der Waals surface area contributed by atoms with Gasteiger partial charge in [-0.2, -0.15) is 0 Å². The summed E-state index contributed by atoms with van der Waals surface area (Å²) >= 11 is 0. The summed E-state index contributed by atoms with van der Waals surface area (Å²) in [5, 5.41) is 28.5. The number of allylic oxidation sites excluding steroid dienone is 1. The van der Waals surface area contributed by atoms with Gasteiger partial charge in [0.25, 0.3) is 0 Å². The summed E-state index contributed by atoms with van der Waals surface area (Å²) in [4.78, 5) is 29.2. The highest BCUT2D eigenvalue weighted by Crippen LogP contribution is 2.32. The van der Waals surface area contributed by atoms with Crippen molar-refractivity contribution in [1.29, 1.82) is 0 Å². The molecule has 3 aromatic rings. The largest absolute Gasteiger partial charge is 0.492 e. The van der Waals surface area contributed by atoms with Crippen molar-refractivity contribution in [1.82, 2.24) is 15.5 Å². The predicted molar refractivity (Wildman–Crippen MR) is 197 cm³/mol. The van der Waals surface area contributed by atoms with Gasteiger partial charge < -0.3 is 35.1 Å². The van der Waals surface area contributed by atoms with Crippen LogP contribution in [0.5, 0.6) is 5.75 Å². The molecule has 4 N–H and O–H groups in total. The van der Waals surface area contributed by atoms with E-state index >= 15 is 0 Å². The van der Waals surface area contributed by atoms with Crippen LogP contribution < -0.4 is 15.4 Å². The van der Waals surface area contributed by atoms with Crippen LogP contribution >= 0.6 is 0 Å². The van der Waals surface area contributed by atoms with Crippen molar-refractivity contribution in [3.05, 3.63) is 107 Å². The van der Waals surface area contributed by atoms with Gasteiger partial charge in [0.1, 0.15) is 18.0 Å². The molecule has 0 spiro atoms. The first-order valence-electron chi connectivity index (χ1n) is 18.0. The molecule has 3 aromatic carbocycles. The number of fused-ring (bicyclic) bond motifs is 1. The second-order valence-corrected chi connectivity index (χ2v) is 14.4. The number of ether oxygens (including phenoxy) is 3. The highest BCUT2D eigenvalue weighted by atomic mass is 16.6. The van der Waals surface area contributed by atoms with E-state index < -0.39 is 41.9 Å². The molecular formula is C41H53N3O7. The average Bonchev–Trinajstić information content (AvgIpc) is 3.42. The number of nitrogens with zero attached hydrogens (tertiary/aromatic N) is 1. The smallest absolute Gasteiger partial charge is 0.407 e. The van der Waals surface area contributed by atoms with Crippen LogP contribution in [0.1, 0.15) is 61.9 Å². The number of hydrogen-bond acceptors (Lipinski definition) is 8. The van der Waals surface area contributed by atoms with Crippen LogP contribution in [0.25, 0.3) is 6.08 Å². The molecule has 10 nitrogen and oxygen atoms in total. The molecule has 5 atom stereocenters. The molecule has 1 aliphatic heterocycles. The normalized spacial score (nSPS) is 19.5. The highest BCUT2D eigenvalue weighted by molar-refractivity contribution is 5.80. The SMILES string of the molecule is CC(C)(C)OC(=O)N[C@@H](Cc1ccccc1)[C@@H](O)C[C@@H](CC=Cc1cccc(OCCN2CCOCC2)c1)C(=O)N[C@H]1c2ccccc2C[C@H]1O. The Morgan fingerprint density at radius 3 is 2.53 bits per heavy atom. The van der Waals surface area contributed by atoms with Crippen LogP contribution in [0, 0.1) is 5.92 Å². The second kappa shape index (κ2) is 18.3. The molecule has 1 saturated heterocycles. The average molecular weight is 700 g/mol. The van der Waals surface area contributed by atoms with Gasteiger partial charge in [-0.25, -0.2) is 4.79 Å². The van der Waals surface area contributed by atoms with E-state index in [1.807, 2.05) is 91.0 Å². The minimum Gasteiger partial charge on any atom is -0.492 e. The quantitative estimate of drug-likeness (QED) is 0.173. The Morgan fingerprint density at radius 2 is 1.76 bits per heavy atom. The molecule has 2 amide bonds. The Morgan fingerprint density at radius 1 is 1.02 bits per heavy atom. The fraction of sp³-hybridized carbons (Fsp3) is 0.463. The van der Waals surface area contributed by atoms with Gasteiger partial charge in [-0.1, -0.05) is 78.9 Å². The van der Waals surface area contributed by atoms with E-state index in [0.717, 1.165) is 60.9 Å². The molecular weight excluding hydrogens is 646 g/mol. The van der Waals surface area contributed by atoms with Crippen LogP contribution in [0.2, 0.25) is 0 Å². The lowest BCUT2D eigenvalue weighted by molar-refractivity contribution is -0.127. The molecule has 10 heteroatoms. The second-order valence-electron chi connectivity index (χ2n) is 14.4. The first kappa shape index (κ1) is 38.0. The lowest BCUT2D eigenvalue weighted by Crippen LogP contribution is -2.48. The summed E-state index contributed by atoms with van der Waals surface area (Å²) in [5.74, 6) is -0.181. The number of amides is 2. The molecule has 1 fully saturated rings. The number of benzene rings is 3. The molecule has 274 valence electrons. The summed E-state index contributed by atoms with van der Waals surface area (Å²) < 4.78 is 17.0. The zero-order valence-corrected chi connectivity index (χ0v) is 30.0. The third-order valence-corrected chi connectivity index (χ3v) is 9.23. The summed E-state index contributed by atoms with van der Waals surface area (Å²) in [6.07, 6.45) is 2.60. The van der Waals surface area contributed by atoms with Crippen LogP contribution in [0.4, 0.5) is 4.79 Å². The molecule has 1 aliphatic carbocycles. The standard InChI is InChI=1S/C41H53N3O7/c1-41(2,3)51-40(48)42-35(26-30-11-5-4-6-12-30)36(45)28-32(39(47)43-38-34-18-8-7-15-31(34)27-37(38)46)16-9-13-29-14-10-17-33(25-29)50-24-21-44-19-22-49-23-20-44/h4-15,17-18,25,32,35-38,45-46H,16,19-24,26-28H2,1-3H3,(H,42,48)(H,43,47)/t32-,35+,36+,37-,38+/m1/s1. The van der Waals surface area contributed by atoms with Gasteiger partial charge >= 0.3 is 6.09 Å². The molecule has 0 bridgehead atoms. The fourth-order valence-corrected chi connectivity index (χ4v) is 6.59. The number of aliphatic hydroxyl groups is 2. The van der Waals surface area contributed by atoms with Gasteiger partial charge in [0.2, 0.25) is 5.91 Å². The first-order valence-corrected chi connectivity index (χ1v) is 18.0. The number of carbonyl (C=O) groups excluding carboxylic acids is 2. The van der Waals surface area contributed by atoms with Crippen molar-refractivity contribution in [2.24, 2.45) is 5.92 Å². The third kappa shape index (κ3) is 11.9. The molecule has 0 aromatic heterocycles. The highest BCUT2D eigenvalue weighted by Gasteiger charge is 2.35. The number of rotatable bonds is 15. The lowest BCUT2D eigenvalue weighted by atomic mass is 9.90. The number of carbonyl (C=O) groups is 2. The molecule has 0 unspecified atom stereocenters. The molecule has 1 heterocycles. The van der Waals surface area contributed by atoms with E-state index in [1.54, 1.807) is 20.8 Å². The van der Waals surface area contributed by atoms with Crippen molar-refractivity contribution in [3.8, 4) is 5.75 Å². The van der Waals surface area contributed by atoms with Crippen molar-refractivity contribution < 1.29 is 34.0 Å². The maximum Gasteiger partial charge on any atom is 0.407 e. The summed E-state index contributed by atoms with van der Waals surface area (Å²) in [6, 6.07) is 23.8. The molecule has 0 saturated carbocycles. The Bertz CT molecular complexity index is 1590. The number of nitrogens with one attached hydrogen (secondary N) is 2. The van der Waals surface area contributed by atoms with E-state index in [2.05, 4.69) is 15.5 Å². The number of alkyl carbamates (subject to hydrolysis) is 1. The van der Waals surface area contributed by atoms with E-state index in [-0.39, 0.29) is 12.3 Å². The Hall–Kier alpha value is -4.22. The van der Waals surface area contributed by atoms with Gasteiger partial charge in [-0.15, -0.1) is 0 Å². The minimum absolute atomic E-state index is 0.0681. The maximum absolute atomic E-state index is 14.0. The molecule has 51 heavy (non-hydrogen) atoms. The van der Waals surface area contributed by atoms with Crippen LogP contribution in [0.3, 0.4) is 0 Å².